The van der Waals surface area contributed by atoms with E-state index in [1.165, 1.54) is 29.5 Å². The summed E-state index contributed by atoms with van der Waals surface area (Å²) in [6, 6.07) is 5.57. The van der Waals surface area contributed by atoms with Crippen LogP contribution in [0.4, 0.5) is 4.39 Å². The lowest BCUT2D eigenvalue weighted by atomic mass is 10.1. The molecule has 0 atom stereocenters. The minimum Gasteiger partial charge on any atom is -0.267 e. The molecule has 2 heterocycles. The molecule has 4 rings (SSSR count). The van der Waals surface area contributed by atoms with E-state index in [1.807, 2.05) is 13.8 Å². The zero-order valence-electron chi connectivity index (χ0n) is 14.8. The van der Waals surface area contributed by atoms with Crippen molar-refractivity contribution in [1.29, 1.82) is 0 Å². The summed E-state index contributed by atoms with van der Waals surface area (Å²) in [7, 11) is 0. The number of hydrogen-bond donors (Lipinski definition) is 2. The van der Waals surface area contributed by atoms with E-state index >= 15 is 0 Å². The number of aryl methyl sites for hydroxylation is 2. The van der Waals surface area contributed by atoms with Crippen molar-refractivity contribution < 1.29 is 14.0 Å². The Balaban J connectivity index is 1.56. The number of hydrazine groups is 1. The predicted molar refractivity (Wildman–Crippen MR) is 100 cm³/mol. The van der Waals surface area contributed by atoms with Gasteiger partial charge in [-0.2, -0.15) is 0 Å². The van der Waals surface area contributed by atoms with Crippen molar-refractivity contribution in [2.75, 3.05) is 0 Å². The number of nitrogens with one attached hydrogen (secondary N) is 2. The smallest absolute Gasteiger partial charge is 0.267 e. The van der Waals surface area contributed by atoms with Crippen LogP contribution in [0, 0.1) is 19.7 Å². The van der Waals surface area contributed by atoms with E-state index in [0.717, 1.165) is 40.1 Å². The molecule has 1 saturated carbocycles. The van der Waals surface area contributed by atoms with Gasteiger partial charge in [-0.05, 0) is 44.4 Å². The third kappa shape index (κ3) is 3.28. The van der Waals surface area contributed by atoms with Gasteiger partial charge in [-0.3, -0.25) is 20.4 Å². The van der Waals surface area contributed by atoms with Gasteiger partial charge in [-0.25, -0.2) is 14.4 Å². The highest BCUT2D eigenvalue weighted by atomic mass is 32.1. The Hall–Kier alpha value is -2.87. The van der Waals surface area contributed by atoms with Gasteiger partial charge in [0.05, 0.1) is 16.1 Å². The van der Waals surface area contributed by atoms with Crippen LogP contribution >= 0.6 is 11.3 Å². The summed E-state index contributed by atoms with van der Waals surface area (Å²) in [5, 5.41) is 0.870. The Kier molecular flexibility index (Phi) is 4.35. The molecule has 0 bridgehead atoms. The maximum absolute atomic E-state index is 13.7. The first-order valence-electron chi connectivity index (χ1n) is 8.58. The van der Waals surface area contributed by atoms with Gasteiger partial charge in [0.15, 0.2) is 0 Å². The number of hydrogen-bond acceptors (Lipinski definition) is 5. The highest BCUT2D eigenvalue weighted by Crippen LogP contribution is 2.40. The van der Waals surface area contributed by atoms with Gasteiger partial charge in [0.25, 0.3) is 11.8 Å². The second-order valence-corrected chi connectivity index (χ2v) is 7.56. The Labute approximate surface area is 158 Å². The molecular formula is C19H17FN4O2S. The highest BCUT2D eigenvalue weighted by molar-refractivity contribution is 7.20. The van der Waals surface area contributed by atoms with Gasteiger partial charge in [0.2, 0.25) is 0 Å². The summed E-state index contributed by atoms with van der Waals surface area (Å²) >= 11 is 1.27. The van der Waals surface area contributed by atoms with Crippen LogP contribution in [0.2, 0.25) is 0 Å². The van der Waals surface area contributed by atoms with E-state index in [4.69, 9.17) is 0 Å². The van der Waals surface area contributed by atoms with Crippen molar-refractivity contribution in [1.82, 2.24) is 20.8 Å². The van der Waals surface area contributed by atoms with Crippen molar-refractivity contribution in [3.05, 3.63) is 57.6 Å². The average molecular weight is 384 g/mol. The molecule has 1 aliphatic carbocycles. The molecule has 2 N–H and O–H groups in total. The summed E-state index contributed by atoms with van der Waals surface area (Å²) in [5.41, 5.74) is 6.09. The fraction of sp³-hybridized carbons (Fsp3) is 0.263. The Morgan fingerprint density at radius 1 is 1.11 bits per heavy atom. The second kappa shape index (κ2) is 6.70. The molecule has 0 radical (unpaired) electrons. The summed E-state index contributed by atoms with van der Waals surface area (Å²) in [4.78, 5) is 35.0. The lowest BCUT2D eigenvalue weighted by Gasteiger charge is -2.07. The first kappa shape index (κ1) is 17.5. The minimum absolute atomic E-state index is 0.137. The van der Waals surface area contributed by atoms with Gasteiger partial charge in [0, 0.05) is 11.3 Å². The molecule has 0 aliphatic heterocycles. The van der Waals surface area contributed by atoms with Crippen molar-refractivity contribution in [2.24, 2.45) is 0 Å². The zero-order chi connectivity index (χ0) is 19.1. The van der Waals surface area contributed by atoms with Crippen LogP contribution in [0.15, 0.2) is 24.3 Å². The summed E-state index contributed by atoms with van der Waals surface area (Å²) in [5.74, 6) is -0.575. The molecule has 1 aliphatic rings. The van der Waals surface area contributed by atoms with Crippen LogP contribution in [-0.4, -0.2) is 21.8 Å². The van der Waals surface area contributed by atoms with Crippen LogP contribution in [-0.2, 0) is 0 Å². The van der Waals surface area contributed by atoms with Crippen molar-refractivity contribution in [2.45, 2.75) is 32.6 Å². The third-order valence-electron chi connectivity index (χ3n) is 4.55. The fourth-order valence-electron chi connectivity index (χ4n) is 2.98. The molecule has 6 nitrogen and oxygen atoms in total. The monoisotopic (exact) mass is 384 g/mol. The predicted octanol–water partition coefficient (Wildman–Crippen LogP) is 3.40. The van der Waals surface area contributed by atoms with Crippen molar-refractivity contribution >= 4 is 33.4 Å². The molecule has 2 aromatic heterocycles. The minimum atomic E-state index is -0.716. The molecule has 0 unspecified atom stereocenters. The summed E-state index contributed by atoms with van der Waals surface area (Å²) < 4.78 is 13.7. The van der Waals surface area contributed by atoms with Crippen LogP contribution in [0.25, 0.3) is 10.2 Å². The molecule has 2 amide bonds. The number of halogens is 1. The van der Waals surface area contributed by atoms with Crippen molar-refractivity contribution in [3.63, 3.8) is 0 Å². The van der Waals surface area contributed by atoms with Crippen LogP contribution in [0.5, 0.6) is 0 Å². The number of carbonyl (C=O) groups is 2. The van der Waals surface area contributed by atoms with E-state index < -0.39 is 17.6 Å². The third-order valence-corrected chi connectivity index (χ3v) is 5.73. The molecule has 27 heavy (non-hydrogen) atoms. The van der Waals surface area contributed by atoms with Crippen LogP contribution in [0.3, 0.4) is 0 Å². The van der Waals surface area contributed by atoms with E-state index in [2.05, 4.69) is 20.8 Å². The summed E-state index contributed by atoms with van der Waals surface area (Å²) in [6.07, 6.45) is 2.20. The Morgan fingerprint density at radius 3 is 2.52 bits per heavy atom. The number of thiophene rings is 1. The number of aromatic nitrogens is 2. The average Bonchev–Trinajstić information content (AvgIpc) is 3.44. The Morgan fingerprint density at radius 2 is 1.81 bits per heavy atom. The molecule has 1 fully saturated rings. The van der Waals surface area contributed by atoms with E-state index in [0.29, 0.717) is 10.8 Å². The quantitative estimate of drug-likeness (QED) is 0.678. The first-order chi connectivity index (χ1) is 13.0. The zero-order valence-corrected chi connectivity index (χ0v) is 15.6. The molecule has 0 spiro atoms. The van der Waals surface area contributed by atoms with Crippen LogP contribution < -0.4 is 10.9 Å². The van der Waals surface area contributed by atoms with E-state index in [9.17, 15) is 14.0 Å². The SMILES string of the molecule is Cc1nc(C2CC2)nc2sc(C(=O)NNC(=O)c3ccccc3F)c(C)c12. The molecule has 3 aromatic rings. The highest BCUT2D eigenvalue weighted by Gasteiger charge is 2.28. The lowest BCUT2D eigenvalue weighted by molar-refractivity contribution is 0.0846. The topological polar surface area (TPSA) is 84.0 Å². The maximum atomic E-state index is 13.7. The first-order valence-corrected chi connectivity index (χ1v) is 9.40. The van der Waals surface area contributed by atoms with Gasteiger partial charge in [-0.15, -0.1) is 11.3 Å². The van der Waals surface area contributed by atoms with Gasteiger partial charge in [0.1, 0.15) is 16.5 Å². The van der Waals surface area contributed by atoms with Crippen molar-refractivity contribution in [3.8, 4) is 0 Å². The maximum Gasteiger partial charge on any atom is 0.280 e. The normalized spacial score (nSPS) is 13.6. The summed E-state index contributed by atoms with van der Waals surface area (Å²) in [6.45, 7) is 3.75. The van der Waals surface area contributed by atoms with Gasteiger partial charge >= 0.3 is 0 Å². The Bertz CT molecular complexity index is 1080. The molecule has 138 valence electrons. The number of carbonyl (C=O) groups excluding carboxylic acids is 2. The number of benzene rings is 1. The standard InChI is InChI=1S/C19H17FN4O2S/c1-9-14-10(2)21-16(11-7-8-11)22-19(14)27-15(9)18(26)24-23-17(25)12-5-3-4-6-13(12)20/h3-6,11H,7-8H2,1-2H3,(H,23,25)(H,24,26). The number of fused-ring (bicyclic) bond motifs is 1. The van der Waals surface area contributed by atoms with Gasteiger partial charge in [-0.1, -0.05) is 12.1 Å². The molecule has 0 saturated heterocycles. The van der Waals surface area contributed by atoms with E-state index in [-0.39, 0.29) is 5.56 Å². The fourth-order valence-corrected chi connectivity index (χ4v) is 4.12. The van der Waals surface area contributed by atoms with Crippen LogP contribution in [0.1, 0.15) is 55.9 Å². The molecule has 1 aromatic carbocycles. The number of amides is 2. The van der Waals surface area contributed by atoms with E-state index in [1.54, 1.807) is 6.07 Å². The second-order valence-electron chi connectivity index (χ2n) is 6.57. The lowest BCUT2D eigenvalue weighted by Crippen LogP contribution is -2.41. The van der Waals surface area contributed by atoms with Gasteiger partial charge < -0.3 is 0 Å². The number of rotatable bonds is 3. The largest absolute Gasteiger partial charge is 0.280 e. The number of nitrogens with zero attached hydrogens (tertiary/aromatic N) is 2. The molecule has 8 heteroatoms. The molecular weight excluding hydrogens is 367 g/mol.